The van der Waals surface area contributed by atoms with Crippen LogP contribution in [0.5, 0.6) is 0 Å². The zero-order valence-electron chi connectivity index (χ0n) is 13.5. The van der Waals surface area contributed by atoms with Gasteiger partial charge in [-0.25, -0.2) is 8.42 Å². The van der Waals surface area contributed by atoms with Crippen molar-refractivity contribution in [1.82, 2.24) is 19.4 Å². The molecule has 0 saturated carbocycles. The summed E-state index contributed by atoms with van der Waals surface area (Å²) in [5.74, 6) is 0.829. The maximum absolute atomic E-state index is 12.6. The maximum Gasteiger partial charge on any atom is 0.243 e. The first kappa shape index (κ1) is 15.9. The molecule has 1 aliphatic heterocycles. The fraction of sp³-hybridized carbons (Fsp3) is 0.235. The molecule has 0 aliphatic carbocycles. The summed E-state index contributed by atoms with van der Waals surface area (Å²) >= 11 is 0. The third-order valence-corrected chi connectivity index (χ3v) is 6.06. The third kappa shape index (κ3) is 2.94. The van der Waals surface area contributed by atoms with Gasteiger partial charge in [-0.05, 0) is 31.2 Å². The minimum absolute atomic E-state index is 0.0851. The average Bonchev–Trinajstić information content (AvgIpc) is 3.04. The summed E-state index contributed by atoms with van der Waals surface area (Å²) in [6.07, 6.45) is 3.33. The third-order valence-electron chi connectivity index (χ3n) is 4.22. The molecule has 0 radical (unpaired) electrons. The Kier molecular flexibility index (Phi) is 3.85. The molecule has 1 aromatic carbocycles. The number of hydrogen-bond acceptors (Lipinski definition) is 6. The number of benzene rings is 1. The van der Waals surface area contributed by atoms with Gasteiger partial charge in [0, 0.05) is 31.0 Å². The van der Waals surface area contributed by atoms with Crippen LogP contribution in [0.4, 0.5) is 0 Å². The van der Waals surface area contributed by atoms with Crippen molar-refractivity contribution < 1.29 is 12.9 Å². The first-order valence-electron chi connectivity index (χ1n) is 7.85. The standard InChI is InChI=1S/C17H16N4O3S/c1-12-4-6-15(7-5-12)25(22,23)21-10-14(11-21)17-19-16(20-24-17)13-3-2-8-18-9-13/h2-9,14H,10-11H2,1H3. The molecule has 25 heavy (non-hydrogen) atoms. The van der Waals surface area contributed by atoms with E-state index in [1.807, 2.05) is 13.0 Å². The fourth-order valence-corrected chi connectivity index (χ4v) is 4.19. The van der Waals surface area contributed by atoms with Crippen LogP contribution in [0.25, 0.3) is 11.4 Å². The fourth-order valence-electron chi connectivity index (χ4n) is 2.66. The SMILES string of the molecule is Cc1ccc(S(=O)(=O)N2CC(c3nc(-c4cccnc4)no3)C2)cc1. The number of hydrogen-bond donors (Lipinski definition) is 0. The summed E-state index contributed by atoms with van der Waals surface area (Å²) < 4.78 is 31.9. The van der Waals surface area contributed by atoms with E-state index >= 15 is 0 Å². The maximum atomic E-state index is 12.6. The van der Waals surface area contributed by atoms with Crippen molar-refractivity contribution in [2.45, 2.75) is 17.7 Å². The lowest BCUT2D eigenvalue weighted by Gasteiger charge is -2.35. The van der Waals surface area contributed by atoms with Gasteiger partial charge in [0.15, 0.2) is 0 Å². The Morgan fingerprint density at radius 3 is 2.60 bits per heavy atom. The highest BCUT2D eigenvalue weighted by Gasteiger charge is 2.40. The predicted molar refractivity (Wildman–Crippen MR) is 90.2 cm³/mol. The normalized spacial score (nSPS) is 15.9. The van der Waals surface area contributed by atoms with Crippen molar-refractivity contribution in [2.24, 2.45) is 0 Å². The summed E-state index contributed by atoms with van der Waals surface area (Å²) in [5.41, 5.74) is 1.79. The molecular weight excluding hydrogens is 340 g/mol. The van der Waals surface area contributed by atoms with E-state index in [4.69, 9.17) is 4.52 Å². The lowest BCUT2D eigenvalue weighted by molar-refractivity contribution is 0.217. The van der Waals surface area contributed by atoms with Gasteiger partial charge in [-0.3, -0.25) is 4.98 Å². The van der Waals surface area contributed by atoms with Crippen LogP contribution in [0, 0.1) is 6.92 Å². The summed E-state index contributed by atoms with van der Waals surface area (Å²) in [6, 6.07) is 10.5. The Bertz CT molecular complexity index is 978. The number of aryl methyl sites for hydroxylation is 1. The highest BCUT2D eigenvalue weighted by atomic mass is 32.2. The number of rotatable bonds is 4. The van der Waals surface area contributed by atoms with E-state index in [2.05, 4.69) is 15.1 Å². The van der Waals surface area contributed by atoms with E-state index in [1.165, 1.54) is 4.31 Å². The van der Waals surface area contributed by atoms with Gasteiger partial charge >= 0.3 is 0 Å². The number of aromatic nitrogens is 3. The van der Waals surface area contributed by atoms with Crippen LogP contribution < -0.4 is 0 Å². The van der Waals surface area contributed by atoms with Crippen molar-refractivity contribution in [1.29, 1.82) is 0 Å². The van der Waals surface area contributed by atoms with Gasteiger partial charge in [0.25, 0.3) is 0 Å². The molecule has 2 aromatic heterocycles. The van der Waals surface area contributed by atoms with Gasteiger partial charge in [0.1, 0.15) is 0 Å². The predicted octanol–water partition coefficient (Wildman–Crippen LogP) is 2.23. The molecule has 1 aliphatic rings. The molecule has 0 unspecified atom stereocenters. The molecule has 128 valence electrons. The van der Waals surface area contributed by atoms with E-state index < -0.39 is 10.0 Å². The monoisotopic (exact) mass is 356 g/mol. The van der Waals surface area contributed by atoms with Crippen molar-refractivity contribution in [3.63, 3.8) is 0 Å². The Morgan fingerprint density at radius 1 is 1.16 bits per heavy atom. The molecule has 7 nitrogen and oxygen atoms in total. The number of nitrogens with zero attached hydrogens (tertiary/aromatic N) is 4. The molecule has 3 aromatic rings. The van der Waals surface area contributed by atoms with Gasteiger partial charge in [0.2, 0.25) is 21.7 Å². The van der Waals surface area contributed by atoms with Gasteiger partial charge in [-0.2, -0.15) is 9.29 Å². The Labute approximate surface area is 145 Å². The zero-order valence-corrected chi connectivity index (χ0v) is 14.3. The van der Waals surface area contributed by atoms with E-state index in [1.54, 1.807) is 42.7 Å². The molecule has 3 heterocycles. The highest BCUT2D eigenvalue weighted by Crippen LogP contribution is 2.32. The van der Waals surface area contributed by atoms with E-state index in [0.717, 1.165) is 11.1 Å². The smallest absolute Gasteiger partial charge is 0.243 e. The van der Waals surface area contributed by atoms with Crippen molar-refractivity contribution in [3.05, 3.63) is 60.2 Å². The molecule has 1 saturated heterocycles. The molecule has 0 atom stereocenters. The first-order chi connectivity index (χ1) is 12.0. The molecular formula is C17H16N4O3S. The Hall–Kier alpha value is -2.58. The minimum atomic E-state index is -3.47. The summed E-state index contributed by atoms with van der Waals surface area (Å²) in [4.78, 5) is 8.69. The van der Waals surface area contributed by atoms with Crippen molar-refractivity contribution in [2.75, 3.05) is 13.1 Å². The van der Waals surface area contributed by atoms with Crippen LogP contribution in [0.3, 0.4) is 0 Å². The molecule has 1 fully saturated rings. The number of pyridine rings is 1. The lowest BCUT2D eigenvalue weighted by Crippen LogP contribution is -2.48. The first-order valence-corrected chi connectivity index (χ1v) is 9.29. The van der Waals surface area contributed by atoms with Gasteiger partial charge in [-0.15, -0.1) is 0 Å². The largest absolute Gasteiger partial charge is 0.339 e. The van der Waals surface area contributed by atoms with E-state index in [9.17, 15) is 8.42 Å². The lowest BCUT2D eigenvalue weighted by atomic mass is 10.0. The quantitative estimate of drug-likeness (QED) is 0.712. The van der Waals surface area contributed by atoms with Crippen LogP contribution in [0.15, 0.2) is 58.2 Å². The van der Waals surface area contributed by atoms with Crippen LogP contribution >= 0.6 is 0 Å². The zero-order chi connectivity index (χ0) is 17.4. The van der Waals surface area contributed by atoms with Crippen LogP contribution in [-0.4, -0.2) is 40.9 Å². The highest BCUT2D eigenvalue weighted by molar-refractivity contribution is 7.89. The Morgan fingerprint density at radius 2 is 1.92 bits per heavy atom. The van der Waals surface area contributed by atoms with Gasteiger partial charge in [-0.1, -0.05) is 22.9 Å². The second-order valence-corrected chi connectivity index (χ2v) is 7.97. The molecule has 4 rings (SSSR count). The topological polar surface area (TPSA) is 89.2 Å². The van der Waals surface area contributed by atoms with Crippen molar-refractivity contribution >= 4 is 10.0 Å². The van der Waals surface area contributed by atoms with Crippen LogP contribution in [0.1, 0.15) is 17.4 Å². The van der Waals surface area contributed by atoms with Crippen molar-refractivity contribution in [3.8, 4) is 11.4 Å². The molecule has 0 N–H and O–H groups in total. The van der Waals surface area contributed by atoms with Crippen LogP contribution in [0.2, 0.25) is 0 Å². The molecule has 8 heteroatoms. The second-order valence-electron chi connectivity index (χ2n) is 6.03. The second kappa shape index (κ2) is 6.05. The number of sulfonamides is 1. The van der Waals surface area contributed by atoms with E-state index in [-0.39, 0.29) is 5.92 Å². The Balaban J connectivity index is 1.47. The molecule has 0 amide bonds. The molecule has 0 spiro atoms. The summed E-state index contributed by atoms with van der Waals surface area (Å²) in [6.45, 7) is 2.60. The minimum Gasteiger partial charge on any atom is -0.339 e. The average molecular weight is 356 g/mol. The summed E-state index contributed by atoms with van der Waals surface area (Å²) in [5, 5.41) is 3.95. The molecule has 0 bridgehead atoms. The van der Waals surface area contributed by atoms with E-state index in [0.29, 0.717) is 29.7 Å². The van der Waals surface area contributed by atoms with Crippen LogP contribution in [-0.2, 0) is 10.0 Å². The summed E-state index contributed by atoms with van der Waals surface area (Å²) in [7, 11) is -3.47. The van der Waals surface area contributed by atoms with Gasteiger partial charge < -0.3 is 4.52 Å². The van der Waals surface area contributed by atoms with Gasteiger partial charge in [0.05, 0.1) is 10.8 Å².